The van der Waals surface area contributed by atoms with E-state index in [1.807, 2.05) is 0 Å². The van der Waals surface area contributed by atoms with Crippen LogP contribution in [0.2, 0.25) is 31.7 Å². The molecule has 0 spiro atoms. The van der Waals surface area contributed by atoms with Gasteiger partial charge in [0.25, 0.3) is 0 Å². The molecule has 0 unspecified atom stereocenters. The molecular weight excluding hydrogens is 424 g/mol. The van der Waals surface area contributed by atoms with Crippen molar-refractivity contribution in [2.45, 2.75) is 50.1 Å². The summed E-state index contributed by atoms with van der Waals surface area (Å²) in [4.78, 5) is 12.5. The SMILES string of the molecule is COC(=O)C[C@H](C[C@H](c1ccccc1)[Si](C)(C)c1ccccc1)[Si](C)(C)c1ccccc1. The monoisotopic (exact) mass is 460 g/mol. The lowest BCUT2D eigenvalue weighted by Crippen LogP contribution is -2.51. The molecule has 0 fully saturated rings. The van der Waals surface area contributed by atoms with E-state index >= 15 is 0 Å². The zero-order chi connectivity index (χ0) is 23.2. The second kappa shape index (κ2) is 10.5. The van der Waals surface area contributed by atoms with Crippen LogP contribution in [0.1, 0.15) is 23.9 Å². The third kappa shape index (κ3) is 5.48. The van der Waals surface area contributed by atoms with E-state index in [1.54, 1.807) is 0 Å². The summed E-state index contributed by atoms with van der Waals surface area (Å²) in [5, 5.41) is 2.87. The number of rotatable bonds is 9. The molecular formula is C28H36O2Si2. The normalized spacial score (nSPS) is 13.9. The van der Waals surface area contributed by atoms with Gasteiger partial charge in [-0.2, -0.15) is 0 Å². The Hall–Kier alpha value is -2.44. The molecule has 0 saturated carbocycles. The lowest BCUT2D eigenvalue weighted by atomic mass is 10.1. The Morgan fingerprint density at radius 1 is 0.719 bits per heavy atom. The molecule has 0 aliphatic heterocycles. The highest BCUT2D eigenvalue weighted by molar-refractivity contribution is 6.92. The molecule has 3 aromatic rings. The summed E-state index contributed by atoms with van der Waals surface area (Å²) in [5.41, 5.74) is 2.09. The van der Waals surface area contributed by atoms with E-state index < -0.39 is 16.1 Å². The van der Waals surface area contributed by atoms with Gasteiger partial charge in [-0.15, -0.1) is 0 Å². The van der Waals surface area contributed by atoms with Crippen molar-refractivity contribution in [1.29, 1.82) is 0 Å². The summed E-state index contributed by atoms with van der Waals surface area (Å²) in [6.07, 6.45) is 1.48. The number of methoxy groups -OCH3 is 1. The maximum Gasteiger partial charge on any atom is 0.305 e. The fourth-order valence-corrected chi connectivity index (χ4v) is 11.5. The summed E-state index contributed by atoms with van der Waals surface area (Å²) >= 11 is 0. The van der Waals surface area contributed by atoms with Crippen LogP contribution < -0.4 is 10.4 Å². The van der Waals surface area contributed by atoms with Gasteiger partial charge in [0, 0.05) is 6.42 Å². The lowest BCUT2D eigenvalue weighted by molar-refractivity contribution is -0.140. The first kappa shape index (κ1) is 24.2. The first-order chi connectivity index (χ1) is 15.3. The smallest absolute Gasteiger partial charge is 0.305 e. The third-order valence-corrected chi connectivity index (χ3v) is 15.7. The Labute approximate surface area is 195 Å². The molecule has 0 heterocycles. The molecule has 0 saturated heterocycles. The number of carbonyl (C=O) groups excluding carboxylic acids is 1. The maximum atomic E-state index is 12.5. The molecule has 0 amide bonds. The minimum absolute atomic E-state index is 0.0995. The van der Waals surface area contributed by atoms with Crippen molar-refractivity contribution in [2.24, 2.45) is 0 Å². The van der Waals surface area contributed by atoms with Gasteiger partial charge in [-0.1, -0.05) is 128 Å². The molecule has 3 rings (SSSR count). The second-order valence-electron chi connectivity index (χ2n) is 9.85. The molecule has 0 aliphatic rings. The minimum atomic E-state index is -1.94. The molecule has 168 valence electrons. The standard InChI is InChI=1S/C28H36O2Si2/c1-30-28(29)22-26(31(2,3)24-17-11-7-12-18-24)21-27(23-15-9-6-10-16-23)32(4,5)25-19-13-8-14-20-25/h6-20,26-27H,21-22H2,1-5H3/t26-,27+/m0/s1. The van der Waals surface area contributed by atoms with Crippen molar-refractivity contribution < 1.29 is 9.53 Å². The van der Waals surface area contributed by atoms with Crippen molar-refractivity contribution in [3.8, 4) is 0 Å². The van der Waals surface area contributed by atoms with E-state index in [1.165, 1.54) is 23.0 Å². The van der Waals surface area contributed by atoms with Crippen LogP contribution >= 0.6 is 0 Å². The Morgan fingerprint density at radius 2 is 1.16 bits per heavy atom. The predicted octanol–water partition coefficient (Wildman–Crippen LogP) is 5.86. The van der Waals surface area contributed by atoms with E-state index in [2.05, 4.69) is 117 Å². The lowest BCUT2D eigenvalue weighted by Gasteiger charge is -2.40. The van der Waals surface area contributed by atoms with Gasteiger partial charge >= 0.3 is 5.97 Å². The van der Waals surface area contributed by atoms with Crippen LogP contribution in [0.25, 0.3) is 0 Å². The van der Waals surface area contributed by atoms with Crippen LogP contribution in [-0.4, -0.2) is 29.2 Å². The fraction of sp³-hybridized carbons (Fsp3) is 0.321. The largest absolute Gasteiger partial charge is 0.469 e. The Kier molecular flexibility index (Phi) is 7.91. The highest BCUT2D eigenvalue weighted by Gasteiger charge is 2.42. The van der Waals surface area contributed by atoms with Gasteiger partial charge in [0.15, 0.2) is 0 Å². The maximum absolute atomic E-state index is 12.5. The minimum Gasteiger partial charge on any atom is -0.469 e. The number of benzene rings is 3. The van der Waals surface area contributed by atoms with Crippen molar-refractivity contribution in [3.63, 3.8) is 0 Å². The highest BCUT2D eigenvalue weighted by Crippen LogP contribution is 2.40. The van der Waals surface area contributed by atoms with Crippen molar-refractivity contribution in [2.75, 3.05) is 7.11 Å². The highest BCUT2D eigenvalue weighted by atomic mass is 28.3. The van der Waals surface area contributed by atoms with Crippen LogP contribution in [0.4, 0.5) is 0 Å². The summed E-state index contributed by atoms with van der Waals surface area (Å²) in [5.74, 6) is -0.0995. The van der Waals surface area contributed by atoms with E-state index in [9.17, 15) is 4.79 Å². The molecule has 0 radical (unpaired) electrons. The van der Waals surface area contributed by atoms with Crippen LogP contribution in [0, 0.1) is 0 Å². The zero-order valence-corrected chi connectivity index (χ0v) is 22.0. The topological polar surface area (TPSA) is 26.3 Å². The molecule has 0 bridgehead atoms. The Balaban J connectivity index is 2.06. The van der Waals surface area contributed by atoms with Crippen molar-refractivity contribution in [3.05, 3.63) is 96.6 Å². The van der Waals surface area contributed by atoms with Crippen molar-refractivity contribution in [1.82, 2.24) is 0 Å². The quantitative estimate of drug-likeness (QED) is 0.295. The van der Waals surface area contributed by atoms with E-state index in [0.717, 1.165) is 6.42 Å². The molecule has 2 nitrogen and oxygen atoms in total. The zero-order valence-electron chi connectivity index (χ0n) is 20.0. The van der Waals surface area contributed by atoms with Crippen molar-refractivity contribution >= 4 is 32.5 Å². The second-order valence-corrected chi connectivity index (χ2v) is 19.4. The van der Waals surface area contributed by atoms with E-state index in [0.29, 0.717) is 12.0 Å². The molecule has 3 aromatic carbocycles. The first-order valence-electron chi connectivity index (χ1n) is 11.5. The molecule has 2 atom stereocenters. The van der Waals surface area contributed by atoms with Gasteiger partial charge in [-0.3, -0.25) is 4.79 Å². The average Bonchev–Trinajstić information content (AvgIpc) is 2.83. The summed E-state index contributed by atoms with van der Waals surface area (Å²) in [6, 6.07) is 32.7. The number of hydrogen-bond acceptors (Lipinski definition) is 2. The predicted molar refractivity (Wildman–Crippen MR) is 141 cm³/mol. The first-order valence-corrected chi connectivity index (χ1v) is 17.6. The molecule has 0 N–H and O–H groups in total. The number of carbonyl (C=O) groups is 1. The molecule has 4 heteroatoms. The molecule has 0 aliphatic carbocycles. The van der Waals surface area contributed by atoms with E-state index in [4.69, 9.17) is 4.74 Å². The summed E-state index contributed by atoms with van der Waals surface area (Å²) in [6.45, 7) is 9.78. The van der Waals surface area contributed by atoms with Crippen LogP contribution in [0.5, 0.6) is 0 Å². The molecule has 0 aromatic heterocycles. The van der Waals surface area contributed by atoms with Gasteiger partial charge in [-0.25, -0.2) is 0 Å². The summed E-state index contributed by atoms with van der Waals surface area (Å²) < 4.78 is 5.16. The number of esters is 1. The van der Waals surface area contributed by atoms with Gasteiger partial charge < -0.3 is 4.74 Å². The average molecular weight is 461 g/mol. The van der Waals surface area contributed by atoms with E-state index in [-0.39, 0.29) is 11.5 Å². The summed E-state index contributed by atoms with van der Waals surface area (Å²) in [7, 11) is -2.32. The number of ether oxygens (including phenoxy) is 1. The van der Waals surface area contributed by atoms with Crippen LogP contribution in [-0.2, 0) is 9.53 Å². The van der Waals surface area contributed by atoms with Gasteiger partial charge in [0.2, 0.25) is 0 Å². The van der Waals surface area contributed by atoms with Gasteiger partial charge in [0.1, 0.15) is 0 Å². The number of hydrogen-bond donors (Lipinski definition) is 0. The third-order valence-electron chi connectivity index (χ3n) is 7.29. The Morgan fingerprint density at radius 3 is 1.62 bits per heavy atom. The van der Waals surface area contributed by atoms with Crippen LogP contribution in [0.3, 0.4) is 0 Å². The van der Waals surface area contributed by atoms with Gasteiger partial charge in [0.05, 0.1) is 23.3 Å². The Bertz CT molecular complexity index is 986. The fourth-order valence-electron chi connectivity index (χ4n) is 4.91. The van der Waals surface area contributed by atoms with Crippen LogP contribution in [0.15, 0.2) is 91.0 Å². The van der Waals surface area contributed by atoms with Gasteiger partial charge in [-0.05, 0) is 23.1 Å². The molecule has 32 heavy (non-hydrogen) atoms.